The Morgan fingerprint density at radius 2 is 1.71 bits per heavy atom. The highest BCUT2D eigenvalue weighted by atomic mass is 19.2. The van der Waals surface area contributed by atoms with Crippen molar-refractivity contribution in [2.75, 3.05) is 6.61 Å². The molecule has 34 heavy (non-hydrogen) atoms. The van der Waals surface area contributed by atoms with Crippen molar-refractivity contribution in [1.29, 1.82) is 0 Å². The molecule has 0 heterocycles. The molecule has 0 amide bonds. The normalized spacial score (nSPS) is 24.7. The van der Waals surface area contributed by atoms with Gasteiger partial charge in [0.25, 0.3) is 0 Å². The third-order valence-electron chi connectivity index (χ3n) is 7.85. The van der Waals surface area contributed by atoms with Gasteiger partial charge in [0.15, 0.2) is 11.6 Å². The Morgan fingerprint density at radius 1 is 0.941 bits per heavy atom. The monoisotopic (exact) mass is 468 g/mol. The van der Waals surface area contributed by atoms with Crippen LogP contribution in [0, 0.1) is 35.2 Å². The molecule has 4 rings (SSSR count). The van der Waals surface area contributed by atoms with E-state index in [1.165, 1.54) is 43.9 Å². The van der Waals surface area contributed by atoms with Crippen LogP contribution in [0.5, 0.6) is 5.75 Å². The minimum absolute atomic E-state index is 0.0314. The minimum atomic E-state index is -0.967. The van der Waals surface area contributed by atoms with Crippen molar-refractivity contribution in [2.45, 2.75) is 64.2 Å². The number of fused-ring (bicyclic) bond motifs is 1. The van der Waals surface area contributed by atoms with Gasteiger partial charge in [0.05, 0.1) is 0 Å². The number of hydrogen-bond donors (Lipinski definition) is 0. The zero-order chi connectivity index (χ0) is 24.1. The summed E-state index contributed by atoms with van der Waals surface area (Å²) < 4.78 is 50.3. The van der Waals surface area contributed by atoms with Gasteiger partial charge in [-0.2, -0.15) is 0 Å². The molecule has 0 spiro atoms. The molecule has 0 bridgehead atoms. The molecule has 182 valence electrons. The molecule has 2 aliphatic carbocycles. The van der Waals surface area contributed by atoms with Crippen LogP contribution >= 0.6 is 0 Å². The second-order valence-electron chi connectivity index (χ2n) is 9.93. The molecule has 4 unspecified atom stereocenters. The first kappa shape index (κ1) is 24.6. The largest absolute Gasteiger partial charge is 0.489 e. The molecule has 1 nitrogen and oxygen atoms in total. The lowest BCUT2D eigenvalue weighted by Gasteiger charge is -2.42. The van der Waals surface area contributed by atoms with Crippen LogP contribution in [0.4, 0.5) is 13.2 Å². The van der Waals surface area contributed by atoms with Crippen molar-refractivity contribution in [1.82, 2.24) is 0 Å². The summed E-state index contributed by atoms with van der Waals surface area (Å²) in [5.74, 6) is 0.0301. The van der Waals surface area contributed by atoms with Crippen molar-refractivity contribution in [3.63, 3.8) is 0 Å². The molecular formula is C30H35F3O. The fraction of sp³-hybridized carbons (Fsp3) is 0.467. The number of benzene rings is 2. The number of ether oxygens (including phenoxy) is 1. The average molecular weight is 469 g/mol. The van der Waals surface area contributed by atoms with Gasteiger partial charge < -0.3 is 4.74 Å². The maximum Gasteiger partial charge on any atom is 0.167 e. The van der Waals surface area contributed by atoms with E-state index in [1.807, 2.05) is 0 Å². The fourth-order valence-electron chi connectivity index (χ4n) is 6.08. The minimum Gasteiger partial charge on any atom is -0.489 e. The predicted molar refractivity (Wildman–Crippen MR) is 132 cm³/mol. The standard InChI is InChI=1S/C30H35F3O/c1-3-5-6-7-20-8-9-22-18-23(11-10-21(22)17-20)25-14-15-27(30(33)29(25)32)26-13-12-24(19-28(26)31)34-16-4-2/h3-5,12-15,19-23H,2,6-11,16-18H2,1H3/b5-3+. The van der Waals surface area contributed by atoms with Crippen molar-refractivity contribution in [3.05, 3.63) is 78.2 Å². The van der Waals surface area contributed by atoms with Gasteiger partial charge >= 0.3 is 0 Å². The lowest BCUT2D eigenvalue weighted by Crippen LogP contribution is -2.30. The summed E-state index contributed by atoms with van der Waals surface area (Å²) in [6, 6.07) is 7.39. The summed E-state index contributed by atoms with van der Waals surface area (Å²) in [5, 5.41) is 0. The van der Waals surface area contributed by atoms with E-state index in [-0.39, 0.29) is 23.7 Å². The van der Waals surface area contributed by atoms with E-state index in [0.29, 0.717) is 23.1 Å². The summed E-state index contributed by atoms with van der Waals surface area (Å²) in [4.78, 5) is 0. The second kappa shape index (κ2) is 11.3. The highest BCUT2D eigenvalue weighted by Crippen LogP contribution is 2.49. The number of hydrogen-bond acceptors (Lipinski definition) is 1. The Kier molecular flexibility index (Phi) is 8.18. The second-order valence-corrected chi connectivity index (χ2v) is 9.93. The van der Waals surface area contributed by atoms with Gasteiger partial charge in [0, 0.05) is 17.2 Å². The first-order valence-corrected chi connectivity index (χ1v) is 12.6. The van der Waals surface area contributed by atoms with Crippen molar-refractivity contribution < 1.29 is 17.9 Å². The zero-order valence-electron chi connectivity index (χ0n) is 20.0. The van der Waals surface area contributed by atoms with Crippen molar-refractivity contribution in [3.8, 4) is 16.9 Å². The van der Waals surface area contributed by atoms with Gasteiger partial charge in [-0.15, -0.1) is 0 Å². The molecule has 0 aliphatic heterocycles. The Labute approximate surface area is 201 Å². The number of allylic oxidation sites excluding steroid dienone is 2. The average Bonchev–Trinajstić information content (AvgIpc) is 2.85. The molecule has 0 radical (unpaired) electrons. The van der Waals surface area contributed by atoms with Crippen molar-refractivity contribution >= 4 is 0 Å². The Morgan fingerprint density at radius 3 is 2.47 bits per heavy atom. The smallest absolute Gasteiger partial charge is 0.167 e. The summed E-state index contributed by atoms with van der Waals surface area (Å²) in [6.45, 7) is 5.87. The van der Waals surface area contributed by atoms with Gasteiger partial charge in [0.1, 0.15) is 18.2 Å². The number of halogens is 3. The van der Waals surface area contributed by atoms with Gasteiger partial charge in [-0.25, -0.2) is 13.2 Å². The maximum atomic E-state index is 15.2. The zero-order valence-corrected chi connectivity index (χ0v) is 20.0. The van der Waals surface area contributed by atoms with E-state index in [0.717, 1.165) is 31.6 Å². The molecule has 2 aromatic carbocycles. The van der Waals surface area contributed by atoms with Crippen LogP contribution in [0.2, 0.25) is 0 Å². The van der Waals surface area contributed by atoms with E-state index in [9.17, 15) is 4.39 Å². The molecule has 2 fully saturated rings. The van der Waals surface area contributed by atoms with Crippen LogP contribution in [0.1, 0.15) is 69.8 Å². The van der Waals surface area contributed by atoms with Crippen LogP contribution in [-0.4, -0.2) is 6.61 Å². The molecule has 0 aromatic heterocycles. The van der Waals surface area contributed by atoms with Crippen molar-refractivity contribution in [2.24, 2.45) is 17.8 Å². The lowest BCUT2D eigenvalue weighted by molar-refractivity contribution is 0.114. The van der Waals surface area contributed by atoms with Crippen LogP contribution in [-0.2, 0) is 0 Å². The third kappa shape index (κ3) is 5.42. The van der Waals surface area contributed by atoms with E-state index >= 15 is 8.78 Å². The molecule has 4 atom stereocenters. The van der Waals surface area contributed by atoms with Gasteiger partial charge in [0.2, 0.25) is 0 Å². The third-order valence-corrected chi connectivity index (χ3v) is 7.85. The topological polar surface area (TPSA) is 9.23 Å². The first-order chi connectivity index (χ1) is 16.5. The highest BCUT2D eigenvalue weighted by molar-refractivity contribution is 5.66. The highest BCUT2D eigenvalue weighted by Gasteiger charge is 2.37. The van der Waals surface area contributed by atoms with Gasteiger partial charge in [-0.1, -0.05) is 43.4 Å². The molecule has 2 aliphatic rings. The molecule has 4 heteroatoms. The summed E-state index contributed by atoms with van der Waals surface area (Å²) in [6.07, 6.45) is 15.0. The molecule has 0 N–H and O–H groups in total. The SMILES string of the molecule is C=CCOc1ccc(-c2ccc(C3CCC4CC(CC/C=C/C)CCC4C3)c(F)c2F)c(F)c1. The molecule has 2 saturated carbocycles. The Hall–Kier alpha value is -2.49. The van der Waals surface area contributed by atoms with E-state index in [2.05, 4.69) is 25.7 Å². The van der Waals surface area contributed by atoms with E-state index < -0.39 is 17.5 Å². The van der Waals surface area contributed by atoms with E-state index in [1.54, 1.807) is 18.2 Å². The Bertz CT molecular complexity index is 1030. The number of rotatable bonds is 8. The summed E-state index contributed by atoms with van der Waals surface area (Å²) >= 11 is 0. The fourth-order valence-corrected chi connectivity index (χ4v) is 6.08. The molecule has 0 saturated heterocycles. The Balaban J connectivity index is 1.46. The van der Waals surface area contributed by atoms with Gasteiger partial charge in [-0.3, -0.25) is 0 Å². The van der Waals surface area contributed by atoms with Crippen LogP contribution in [0.25, 0.3) is 11.1 Å². The van der Waals surface area contributed by atoms with Gasteiger partial charge in [-0.05, 0) is 93.2 Å². The summed E-state index contributed by atoms with van der Waals surface area (Å²) in [5.41, 5.74) is 0.430. The quantitative estimate of drug-likeness (QED) is 0.351. The lowest BCUT2D eigenvalue weighted by atomic mass is 9.63. The molecular weight excluding hydrogens is 433 g/mol. The predicted octanol–water partition coefficient (Wildman–Crippen LogP) is 8.99. The van der Waals surface area contributed by atoms with Crippen LogP contribution in [0.15, 0.2) is 55.1 Å². The van der Waals surface area contributed by atoms with Crippen LogP contribution in [0.3, 0.4) is 0 Å². The molecule has 2 aromatic rings. The van der Waals surface area contributed by atoms with E-state index in [4.69, 9.17) is 4.74 Å². The van der Waals surface area contributed by atoms with Crippen LogP contribution < -0.4 is 4.74 Å². The maximum absolute atomic E-state index is 15.2. The first-order valence-electron chi connectivity index (χ1n) is 12.6. The summed E-state index contributed by atoms with van der Waals surface area (Å²) in [7, 11) is 0.